The number of aryl methyl sites for hydroxylation is 2. The van der Waals surface area contributed by atoms with E-state index in [1.165, 1.54) is 0 Å². The minimum Gasteiger partial charge on any atom is -0.382 e. The first-order valence-corrected chi connectivity index (χ1v) is 8.24. The summed E-state index contributed by atoms with van der Waals surface area (Å²) in [5, 5.41) is 18.4. The molecule has 0 saturated heterocycles. The molecule has 0 radical (unpaired) electrons. The minimum absolute atomic E-state index is 0.0998. The maximum atomic E-state index is 12.7. The number of nitrogens with zero attached hydrogens (tertiary/aromatic N) is 4. The van der Waals surface area contributed by atoms with E-state index in [0.29, 0.717) is 31.9 Å². The minimum atomic E-state index is -1.03. The Morgan fingerprint density at radius 1 is 1.25 bits per heavy atom. The topological polar surface area (TPSA) is 71.2 Å². The zero-order valence-corrected chi connectivity index (χ0v) is 14.7. The fourth-order valence-corrected chi connectivity index (χ4v) is 3.09. The van der Waals surface area contributed by atoms with E-state index >= 15 is 0 Å². The van der Waals surface area contributed by atoms with Crippen LogP contribution in [0.2, 0.25) is 0 Å². The number of rotatable bonds is 3. The number of aliphatic hydroxyl groups is 1. The second kappa shape index (κ2) is 6.02. The van der Waals surface area contributed by atoms with Gasteiger partial charge in [-0.2, -0.15) is 0 Å². The SMILES string of the molecule is Cc1ccc(C)c(CC(=O)N2CCn3c(nnc3C(C)(C)O)C2)c1. The van der Waals surface area contributed by atoms with Gasteiger partial charge in [0.05, 0.1) is 13.0 Å². The molecule has 24 heavy (non-hydrogen) atoms. The Morgan fingerprint density at radius 2 is 2.00 bits per heavy atom. The quantitative estimate of drug-likeness (QED) is 0.931. The molecule has 1 aliphatic rings. The van der Waals surface area contributed by atoms with E-state index < -0.39 is 5.60 Å². The predicted octanol–water partition coefficient (Wildman–Crippen LogP) is 1.71. The summed E-state index contributed by atoms with van der Waals surface area (Å²) in [6.07, 6.45) is 0.403. The molecule has 0 saturated carbocycles. The lowest BCUT2D eigenvalue weighted by molar-refractivity contribution is -0.132. The lowest BCUT2D eigenvalue weighted by Crippen LogP contribution is -2.40. The number of aromatic nitrogens is 3. The highest BCUT2D eigenvalue weighted by Gasteiger charge is 2.30. The molecular formula is C18H24N4O2. The van der Waals surface area contributed by atoms with E-state index in [1.54, 1.807) is 13.8 Å². The normalized spacial score (nSPS) is 14.6. The van der Waals surface area contributed by atoms with Crippen LogP contribution in [0.5, 0.6) is 0 Å². The maximum absolute atomic E-state index is 12.7. The van der Waals surface area contributed by atoms with Crippen LogP contribution in [0.25, 0.3) is 0 Å². The summed E-state index contributed by atoms with van der Waals surface area (Å²) >= 11 is 0. The van der Waals surface area contributed by atoms with Crippen LogP contribution in [0, 0.1) is 13.8 Å². The molecule has 1 aliphatic heterocycles. The van der Waals surface area contributed by atoms with Crippen LogP contribution in [0.15, 0.2) is 18.2 Å². The van der Waals surface area contributed by atoms with Crippen molar-refractivity contribution in [3.8, 4) is 0 Å². The predicted molar refractivity (Wildman–Crippen MR) is 90.3 cm³/mol. The molecule has 0 aliphatic carbocycles. The van der Waals surface area contributed by atoms with Gasteiger partial charge in [-0.25, -0.2) is 0 Å². The van der Waals surface area contributed by atoms with E-state index in [-0.39, 0.29) is 5.91 Å². The van der Waals surface area contributed by atoms with Crippen LogP contribution in [0.1, 0.15) is 42.2 Å². The first-order chi connectivity index (χ1) is 11.3. The lowest BCUT2D eigenvalue weighted by Gasteiger charge is -2.29. The molecule has 6 nitrogen and oxygen atoms in total. The molecule has 3 rings (SSSR count). The standard InChI is InChI=1S/C18H24N4O2/c1-12-5-6-13(2)14(9-12)10-16(23)21-7-8-22-15(11-21)19-20-17(22)18(3,4)24/h5-6,9,24H,7-8,10-11H2,1-4H3. The van der Waals surface area contributed by atoms with E-state index in [0.717, 1.165) is 22.5 Å². The molecule has 1 N–H and O–H groups in total. The highest BCUT2D eigenvalue weighted by atomic mass is 16.3. The van der Waals surface area contributed by atoms with Crippen molar-refractivity contribution in [1.29, 1.82) is 0 Å². The van der Waals surface area contributed by atoms with Gasteiger partial charge in [0.25, 0.3) is 0 Å². The number of hydrogen-bond donors (Lipinski definition) is 1. The van der Waals surface area contributed by atoms with Crippen LogP contribution in [0.4, 0.5) is 0 Å². The van der Waals surface area contributed by atoms with Gasteiger partial charge in [-0.05, 0) is 38.8 Å². The summed E-state index contributed by atoms with van der Waals surface area (Å²) in [4.78, 5) is 14.5. The van der Waals surface area contributed by atoms with Crippen molar-refractivity contribution in [3.05, 3.63) is 46.5 Å². The van der Waals surface area contributed by atoms with Crippen molar-refractivity contribution in [1.82, 2.24) is 19.7 Å². The Labute approximate surface area is 142 Å². The van der Waals surface area contributed by atoms with Crippen LogP contribution < -0.4 is 0 Å². The van der Waals surface area contributed by atoms with Crippen molar-refractivity contribution >= 4 is 5.91 Å². The number of hydrogen-bond acceptors (Lipinski definition) is 4. The van der Waals surface area contributed by atoms with Crippen LogP contribution in [0.3, 0.4) is 0 Å². The molecular weight excluding hydrogens is 304 g/mol. The van der Waals surface area contributed by atoms with Crippen molar-refractivity contribution in [3.63, 3.8) is 0 Å². The summed E-state index contributed by atoms with van der Waals surface area (Å²) in [6.45, 7) is 9.12. The first kappa shape index (κ1) is 16.6. The highest BCUT2D eigenvalue weighted by molar-refractivity contribution is 5.79. The summed E-state index contributed by atoms with van der Waals surface area (Å²) in [6, 6.07) is 6.19. The molecule has 1 aromatic heterocycles. The van der Waals surface area contributed by atoms with Gasteiger partial charge in [0.1, 0.15) is 5.60 Å². The Kier molecular flexibility index (Phi) is 4.17. The zero-order chi connectivity index (χ0) is 17.5. The third kappa shape index (κ3) is 3.19. The largest absolute Gasteiger partial charge is 0.382 e. The monoisotopic (exact) mass is 328 g/mol. The van der Waals surface area contributed by atoms with Crippen LogP contribution in [-0.2, 0) is 29.9 Å². The number of carbonyl (C=O) groups is 1. The zero-order valence-electron chi connectivity index (χ0n) is 14.7. The van der Waals surface area contributed by atoms with Crippen molar-refractivity contribution in [2.24, 2.45) is 0 Å². The van der Waals surface area contributed by atoms with Crippen molar-refractivity contribution in [2.45, 2.75) is 52.8 Å². The van der Waals surface area contributed by atoms with E-state index in [1.807, 2.05) is 23.3 Å². The van der Waals surface area contributed by atoms with Crippen molar-refractivity contribution < 1.29 is 9.90 Å². The van der Waals surface area contributed by atoms with Crippen LogP contribution in [-0.4, -0.2) is 37.2 Å². The van der Waals surface area contributed by atoms with Gasteiger partial charge in [-0.3, -0.25) is 4.79 Å². The molecule has 1 amide bonds. The summed E-state index contributed by atoms with van der Waals surface area (Å²) in [5.74, 6) is 1.38. The fraction of sp³-hybridized carbons (Fsp3) is 0.500. The third-order valence-electron chi connectivity index (χ3n) is 4.50. The number of benzene rings is 1. The number of fused-ring (bicyclic) bond motifs is 1. The van der Waals surface area contributed by atoms with Gasteiger partial charge in [0, 0.05) is 13.1 Å². The van der Waals surface area contributed by atoms with Gasteiger partial charge in [0.15, 0.2) is 11.6 Å². The lowest BCUT2D eigenvalue weighted by atomic mass is 10.0. The molecule has 0 spiro atoms. The summed E-state index contributed by atoms with van der Waals surface area (Å²) in [5.41, 5.74) is 2.34. The van der Waals surface area contributed by atoms with Gasteiger partial charge in [0.2, 0.25) is 5.91 Å². The van der Waals surface area contributed by atoms with Gasteiger partial charge in [-0.15, -0.1) is 10.2 Å². The second-order valence-electron chi connectivity index (χ2n) is 7.07. The maximum Gasteiger partial charge on any atom is 0.227 e. The fourth-order valence-electron chi connectivity index (χ4n) is 3.09. The Hall–Kier alpha value is -2.21. The molecule has 1 aromatic carbocycles. The number of amides is 1. The van der Waals surface area contributed by atoms with E-state index in [4.69, 9.17) is 0 Å². The highest BCUT2D eigenvalue weighted by Crippen LogP contribution is 2.22. The molecule has 128 valence electrons. The molecule has 0 fully saturated rings. The average Bonchev–Trinajstić information content (AvgIpc) is 2.94. The van der Waals surface area contributed by atoms with E-state index in [9.17, 15) is 9.90 Å². The van der Waals surface area contributed by atoms with Gasteiger partial charge in [-0.1, -0.05) is 23.8 Å². The molecule has 0 unspecified atom stereocenters. The summed E-state index contributed by atoms with van der Waals surface area (Å²) < 4.78 is 1.92. The third-order valence-corrected chi connectivity index (χ3v) is 4.50. The number of carbonyl (C=O) groups excluding carboxylic acids is 1. The molecule has 0 atom stereocenters. The molecule has 0 bridgehead atoms. The Morgan fingerprint density at radius 3 is 2.71 bits per heavy atom. The smallest absolute Gasteiger partial charge is 0.227 e. The van der Waals surface area contributed by atoms with Gasteiger partial charge < -0.3 is 14.6 Å². The van der Waals surface area contributed by atoms with Crippen molar-refractivity contribution in [2.75, 3.05) is 6.54 Å². The second-order valence-corrected chi connectivity index (χ2v) is 7.07. The summed E-state index contributed by atoms with van der Waals surface area (Å²) in [7, 11) is 0. The Balaban J connectivity index is 1.75. The van der Waals surface area contributed by atoms with Gasteiger partial charge >= 0.3 is 0 Å². The molecule has 2 aromatic rings. The van der Waals surface area contributed by atoms with E-state index in [2.05, 4.69) is 28.4 Å². The molecule has 2 heterocycles. The first-order valence-electron chi connectivity index (χ1n) is 8.24. The average molecular weight is 328 g/mol. The van der Waals surface area contributed by atoms with Crippen LogP contribution >= 0.6 is 0 Å². The molecule has 6 heteroatoms. The Bertz CT molecular complexity index is 774.